The van der Waals surface area contributed by atoms with E-state index in [0.29, 0.717) is 18.1 Å². The Morgan fingerprint density at radius 3 is 2.69 bits per heavy atom. The number of aromatic nitrogens is 2. The van der Waals surface area contributed by atoms with Crippen molar-refractivity contribution in [3.8, 4) is 10.6 Å². The van der Waals surface area contributed by atoms with Crippen LogP contribution >= 0.6 is 11.3 Å². The molecular formula is C19H26N4O2S. The average Bonchev–Trinajstić information content (AvgIpc) is 3.07. The van der Waals surface area contributed by atoms with Gasteiger partial charge in [-0.25, -0.2) is 0 Å². The van der Waals surface area contributed by atoms with Crippen LogP contribution in [0.25, 0.3) is 10.6 Å². The Morgan fingerprint density at radius 2 is 1.92 bits per heavy atom. The fourth-order valence-electron chi connectivity index (χ4n) is 2.47. The summed E-state index contributed by atoms with van der Waals surface area (Å²) in [5.74, 6) is -0.172. The van der Waals surface area contributed by atoms with Gasteiger partial charge in [-0.05, 0) is 19.4 Å². The van der Waals surface area contributed by atoms with E-state index in [1.165, 1.54) is 11.3 Å². The van der Waals surface area contributed by atoms with Crippen molar-refractivity contribution in [2.75, 3.05) is 11.9 Å². The molecule has 0 aliphatic heterocycles. The van der Waals surface area contributed by atoms with Crippen molar-refractivity contribution in [1.82, 2.24) is 15.5 Å². The molecule has 2 amide bonds. The lowest BCUT2D eigenvalue weighted by molar-refractivity contribution is -0.121. The standard InChI is InChI=1S/C19H26N4O2S/c1-3-4-5-6-10-16(24)20-12-11-17(25)21-19-23-22-18(26-19)15-9-7-8-14(2)13-15/h7-9,13H,3-6,10-12H2,1-2H3,(H,20,24)(H,21,23,25). The third kappa shape index (κ3) is 6.92. The highest BCUT2D eigenvalue weighted by molar-refractivity contribution is 7.18. The molecule has 0 aliphatic rings. The number of hydrogen-bond acceptors (Lipinski definition) is 5. The highest BCUT2D eigenvalue weighted by atomic mass is 32.1. The second kappa shape index (κ2) is 10.7. The number of benzene rings is 1. The third-order valence-electron chi connectivity index (χ3n) is 3.87. The molecule has 6 nitrogen and oxygen atoms in total. The quantitative estimate of drug-likeness (QED) is 0.617. The molecule has 26 heavy (non-hydrogen) atoms. The molecule has 0 bridgehead atoms. The van der Waals surface area contributed by atoms with Crippen LogP contribution in [-0.4, -0.2) is 28.6 Å². The van der Waals surface area contributed by atoms with Crippen molar-refractivity contribution < 1.29 is 9.59 Å². The summed E-state index contributed by atoms with van der Waals surface area (Å²) in [6.07, 6.45) is 5.03. The molecule has 0 saturated carbocycles. The molecule has 0 atom stereocenters. The minimum absolute atomic E-state index is 0.00607. The van der Waals surface area contributed by atoms with Crippen LogP contribution < -0.4 is 10.6 Å². The van der Waals surface area contributed by atoms with E-state index in [0.717, 1.165) is 41.8 Å². The van der Waals surface area contributed by atoms with E-state index >= 15 is 0 Å². The van der Waals surface area contributed by atoms with Gasteiger partial charge < -0.3 is 10.6 Å². The van der Waals surface area contributed by atoms with Gasteiger partial charge in [0.25, 0.3) is 0 Å². The number of anilines is 1. The number of unbranched alkanes of at least 4 members (excludes halogenated alkanes) is 3. The maximum atomic E-state index is 12.0. The molecule has 2 aromatic rings. The van der Waals surface area contributed by atoms with Crippen molar-refractivity contribution in [3.63, 3.8) is 0 Å². The first kappa shape index (κ1) is 20.0. The Bertz CT molecular complexity index is 730. The molecule has 0 saturated heterocycles. The van der Waals surface area contributed by atoms with Crippen LogP contribution in [0, 0.1) is 6.92 Å². The van der Waals surface area contributed by atoms with Gasteiger partial charge in [0.2, 0.25) is 16.9 Å². The monoisotopic (exact) mass is 374 g/mol. The van der Waals surface area contributed by atoms with Crippen molar-refractivity contribution >= 4 is 28.3 Å². The van der Waals surface area contributed by atoms with E-state index in [1.54, 1.807) is 0 Å². The predicted molar refractivity (Wildman–Crippen MR) is 105 cm³/mol. The highest BCUT2D eigenvalue weighted by Gasteiger charge is 2.10. The average molecular weight is 375 g/mol. The summed E-state index contributed by atoms with van der Waals surface area (Å²) in [6, 6.07) is 7.98. The van der Waals surface area contributed by atoms with Gasteiger partial charge in [-0.3, -0.25) is 9.59 Å². The topological polar surface area (TPSA) is 84.0 Å². The highest BCUT2D eigenvalue weighted by Crippen LogP contribution is 2.26. The summed E-state index contributed by atoms with van der Waals surface area (Å²) in [4.78, 5) is 23.6. The molecule has 0 fully saturated rings. The zero-order valence-electron chi connectivity index (χ0n) is 15.4. The van der Waals surface area contributed by atoms with Crippen LogP contribution in [0.15, 0.2) is 24.3 Å². The van der Waals surface area contributed by atoms with Crippen molar-refractivity contribution in [3.05, 3.63) is 29.8 Å². The number of nitrogens with one attached hydrogen (secondary N) is 2. The molecule has 0 aliphatic carbocycles. The van der Waals surface area contributed by atoms with Gasteiger partial charge in [0.15, 0.2) is 0 Å². The van der Waals surface area contributed by atoms with E-state index < -0.39 is 0 Å². The van der Waals surface area contributed by atoms with Crippen LogP contribution in [0.5, 0.6) is 0 Å². The van der Waals surface area contributed by atoms with Crippen LogP contribution in [0.4, 0.5) is 5.13 Å². The molecule has 2 rings (SSSR count). The van der Waals surface area contributed by atoms with E-state index in [4.69, 9.17) is 0 Å². The minimum atomic E-state index is -0.178. The number of nitrogens with zero attached hydrogens (tertiary/aromatic N) is 2. The summed E-state index contributed by atoms with van der Waals surface area (Å²) >= 11 is 1.34. The number of carbonyl (C=O) groups excluding carboxylic acids is 2. The lowest BCUT2D eigenvalue weighted by atomic mass is 10.1. The zero-order valence-corrected chi connectivity index (χ0v) is 16.2. The van der Waals surface area contributed by atoms with E-state index in [2.05, 4.69) is 27.8 Å². The molecule has 7 heteroatoms. The molecule has 1 heterocycles. The van der Waals surface area contributed by atoms with Gasteiger partial charge in [0.05, 0.1) is 0 Å². The van der Waals surface area contributed by atoms with E-state index in [-0.39, 0.29) is 18.2 Å². The molecule has 0 radical (unpaired) electrons. The Labute approximate surface area is 158 Å². The van der Waals surface area contributed by atoms with Gasteiger partial charge in [-0.1, -0.05) is 61.3 Å². The fourth-order valence-corrected chi connectivity index (χ4v) is 3.22. The summed E-state index contributed by atoms with van der Waals surface area (Å²) in [6.45, 7) is 4.49. The molecule has 2 N–H and O–H groups in total. The Balaban J connectivity index is 1.71. The van der Waals surface area contributed by atoms with Crippen molar-refractivity contribution in [2.45, 2.75) is 52.4 Å². The second-order valence-electron chi connectivity index (χ2n) is 6.24. The maximum Gasteiger partial charge on any atom is 0.227 e. The first-order valence-corrected chi connectivity index (χ1v) is 9.87. The number of amides is 2. The van der Waals surface area contributed by atoms with E-state index in [9.17, 15) is 9.59 Å². The summed E-state index contributed by atoms with van der Waals surface area (Å²) in [5.41, 5.74) is 2.13. The fraction of sp³-hybridized carbons (Fsp3) is 0.474. The smallest absolute Gasteiger partial charge is 0.227 e. The Kier molecular flexibility index (Phi) is 8.21. The molecular weight excluding hydrogens is 348 g/mol. The summed E-state index contributed by atoms with van der Waals surface area (Å²) in [7, 11) is 0. The SMILES string of the molecule is CCCCCCC(=O)NCCC(=O)Nc1nnc(-c2cccc(C)c2)s1. The maximum absolute atomic E-state index is 12.0. The van der Waals surface area contributed by atoms with Crippen molar-refractivity contribution in [2.24, 2.45) is 0 Å². The molecule has 0 unspecified atom stereocenters. The Hall–Kier alpha value is -2.28. The first-order chi connectivity index (χ1) is 12.6. The van der Waals surface area contributed by atoms with Crippen LogP contribution in [0.1, 0.15) is 51.0 Å². The zero-order chi connectivity index (χ0) is 18.8. The normalized spacial score (nSPS) is 10.5. The van der Waals surface area contributed by atoms with Gasteiger partial charge in [0.1, 0.15) is 5.01 Å². The second-order valence-corrected chi connectivity index (χ2v) is 7.22. The number of aryl methyl sites for hydroxylation is 1. The minimum Gasteiger partial charge on any atom is -0.356 e. The van der Waals surface area contributed by atoms with E-state index in [1.807, 2.05) is 31.2 Å². The number of rotatable bonds is 10. The van der Waals surface area contributed by atoms with Crippen LogP contribution in [0.2, 0.25) is 0 Å². The summed E-state index contributed by atoms with van der Waals surface area (Å²) in [5, 5.41) is 14.9. The lowest BCUT2D eigenvalue weighted by Gasteiger charge is -2.05. The van der Waals surface area contributed by atoms with Gasteiger partial charge in [-0.15, -0.1) is 10.2 Å². The first-order valence-electron chi connectivity index (χ1n) is 9.05. The summed E-state index contributed by atoms with van der Waals surface area (Å²) < 4.78 is 0. The lowest BCUT2D eigenvalue weighted by Crippen LogP contribution is -2.27. The molecule has 140 valence electrons. The largest absolute Gasteiger partial charge is 0.356 e. The van der Waals surface area contributed by atoms with Gasteiger partial charge in [-0.2, -0.15) is 0 Å². The molecule has 1 aromatic carbocycles. The Morgan fingerprint density at radius 1 is 1.08 bits per heavy atom. The number of hydrogen-bond donors (Lipinski definition) is 2. The van der Waals surface area contributed by atoms with Crippen LogP contribution in [0.3, 0.4) is 0 Å². The van der Waals surface area contributed by atoms with Gasteiger partial charge in [0, 0.05) is 24.9 Å². The van der Waals surface area contributed by atoms with Crippen molar-refractivity contribution in [1.29, 1.82) is 0 Å². The number of carbonyl (C=O) groups is 2. The van der Waals surface area contributed by atoms with Gasteiger partial charge >= 0.3 is 0 Å². The molecule has 0 spiro atoms. The molecule has 1 aromatic heterocycles. The predicted octanol–water partition coefficient (Wildman–Crippen LogP) is 3.93. The third-order valence-corrected chi connectivity index (χ3v) is 4.76. The van der Waals surface area contributed by atoms with Crippen LogP contribution in [-0.2, 0) is 9.59 Å².